The van der Waals surface area contributed by atoms with Crippen molar-refractivity contribution in [2.75, 3.05) is 13.2 Å². The lowest BCUT2D eigenvalue weighted by Crippen LogP contribution is -2.34. The number of epoxide rings is 1. The molecule has 0 amide bonds. The normalized spacial score (nSPS) is 23.6. The molecule has 18 heavy (non-hydrogen) atoms. The summed E-state index contributed by atoms with van der Waals surface area (Å²) in [4.78, 5) is 11.3. The van der Waals surface area contributed by atoms with Gasteiger partial charge in [-0.2, -0.15) is 0 Å². The third-order valence-electron chi connectivity index (χ3n) is 2.75. The molecule has 2 rings (SSSR count). The Morgan fingerprint density at radius 1 is 1.56 bits per heavy atom. The second-order valence-corrected chi connectivity index (χ2v) is 3.92. The van der Waals surface area contributed by atoms with Crippen LogP contribution in [0.2, 0.25) is 0 Å². The van der Waals surface area contributed by atoms with Crippen LogP contribution in [0.1, 0.15) is 12.5 Å². The standard InChI is InChI=1S/C12H11F3O3/c1-2-17-11(16)10(15)12(6-18-12)8-4-3-7(13)5-9(8)14/h3-5,10H,2,6H2,1H3. The van der Waals surface area contributed by atoms with Gasteiger partial charge in [-0.15, -0.1) is 0 Å². The quantitative estimate of drug-likeness (QED) is 0.614. The van der Waals surface area contributed by atoms with Gasteiger partial charge in [-0.1, -0.05) is 6.07 Å². The predicted octanol–water partition coefficient (Wildman–Crippen LogP) is 2.09. The predicted molar refractivity (Wildman–Crippen MR) is 55.5 cm³/mol. The van der Waals surface area contributed by atoms with Crippen molar-refractivity contribution in [3.8, 4) is 0 Å². The number of hydrogen-bond donors (Lipinski definition) is 0. The fourth-order valence-electron chi connectivity index (χ4n) is 1.75. The summed E-state index contributed by atoms with van der Waals surface area (Å²) in [6.07, 6.45) is -2.13. The molecule has 0 aromatic heterocycles. The van der Waals surface area contributed by atoms with Crippen molar-refractivity contribution in [3.63, 3.8) is 0 Å². The minimum absolute atomic E-state index is 0.0151. The third kappa shape index (κ3) is 2.08. The maximum absolute atomic E-state index is 13.9. The number of benzene rings is 1. The Morgan fingerprint density at radius 3 is 2.72 bits per heavy atom. The van der Waals surface area contributed by atoms with E-state index in [-0.39, 0.29) is 18.8 Å². The zero-order chi connectivity index (χ0) is 13.3. The van der Waals surface area contributed by atoms with Crippen LogP contribution in [0.5, 0.6) is 0 Å². The second-order valence-electron chi connectivity index (χ2n) is 3.92. The second kappa shape index (κ2) is 4.61. The van der Waals surface area contributed by atoms with Gasteiger partial charge in [0.2, 0.25) is 6.17 Å². The van der Waals surface area contributed by atoms with Gasteiger partial charge < -0.3 is 9.47 Å². The van der Waals surface area contributed by atoms with Crippen molar-refractivity contribution in [1.82, 2.24) is 0 Å². The fraction of sp³-hybridized carbons (Fsp3) is 0.417. The zero-order valence-corrected chi connectivity index (χ0v) is 9.58. The largest absolute Gasteiger partial charge is 0.464 e. The van der Waals surface area contributed by atoms with Crippen molar-refractivity contribution in [2.45, 2.75) is 18.7 Å². The van der Waals surface area contributed by atoms with Crippen LogP contribution in [0.25, 0.3) is 0 Å². The van der Waals surface area contributed by atoms with E-state index in [1.165, 1.54) is 6.92 Å². The van der Waals surface area contributed by atoms with Gasteiger partial charge >= 0.3 is 5.97 Å². The lowest BCUT2D eigenvalue weighted by Gasteiger charge is -2.16. The Kier molecular flexibility index (Phi) is 3.30. The monoisotopic (exact) mass is 260 g/mol. The molecule has 1 aliphatic heterocycles. The molecule has 1 aromatic carbocycles. The smallest absolute Gasteiger partial charge is 0.344 e. The minimum atomic E-state index is -2.13. The highest BCUT2D eigenvalue weighted by molar-refractivity contribution is 5.77. The van der Waals surface area contributed by atoms with E-state index in [4.69, 9.17) is 4.74 Å². The molecule has 2 unspecified atom stereocenters. The Morgan fingerprint density at radius 2 is 2.22 bits per heavy atom. The van der Waals surface area contributed by atoms with Crippen LogP contribution >= 0.6 is 0 Å². The summed E-state index contributed by atoms with van der Waals surface area (Å²) in [5.41, 5.74) is -1.85. The Balaban J connectivity index is 2.28. The molecule has 1 saturated heterocycles. The van der Waals surface area contributed by atoms with E-state index in [9.17, 15) is 18.0 Å². The van der Waals surface area contributed by atoms with Gasteiger partial charge in [0.1, 0.15) is 11.6 Å². The lowest BCUT2D eigenvalue weighted by molar-refractivity contribution is -0.152. The first-order chi connectivity index (χ1) is 8.51. The summed E-state index contributed by atoms with van der Waals surface area (Å²) in [7, 11) is 0. The molecule has 98 valence electrons. The molecule has 0 radical (unpaired) electrons. The van der Waals surface area contributed by atoms with Crippen LogP contribution in [-0.2, 0) is 19.9 Å². The van der Waals surface area contributed by atoms with Crippen LogP contribution in [0.4, 0.5) is 13.2 Å². The first kappa shape index (κ1) is 12.9. The lowest BCUT2D eigenvalue weighted by atomic mass is 9.94. The highest BCUT2D eigenvalue weighted by atomic mass is 19.1. The molecule has 1 aromatic rings. The summed E-state index contributed by atoms with van der Waals surface area (Å²) in [5, 5.41) is 0. The molecule has 3 nitrogen and oxygen atoms in total. The number of esters is 1. The van der Waals surface area contributed by atoms with Crippen molar-refractivity contribution >= 4 is 5.97 Å². The average molecular weight is 260 g/mol. The Labute approximate surface area is 102 Å². The van der Waals surface area contributed by atoms with Gasteiger partial charge in [0.15, 0.2) is 5.60 Å². The van der Waals surface area contributed by atoms with E-state index in [1.54, 1.807) is 0 Å². The van der Waals surface area contributed by atoms with Crippen LogP contribution in [0.15, 0.2) is 18.2 Å². The van der Waals surface area contributed by atoms with Crippen LogP contribution in [0.3, 0.4) is 0 Å². The highest BCUT2D eigenvalue weighted by Crippen LogP contribution is 2.45. The zero-order valence-electron chi connectivity index (χ0n) is 9.58. The molecule has 0 N–H and O–H groups in total. The molecule has 1 fully saturated rings. The third-order valence-corrected chi connectivity index (χ3v) is 2.75. The molecule has 0 saturated carbocycles. The van der Waals surface area contributed by atoms with E-state index >= 15 is 0 Å². The number of hydrogen-bond acceptors (Lipinski definition) is 3. The summed E-state index contributed by atoms with van der Waals surface area (Å²) in [6, 6.07) is 2.68. The van der Waals surface area contributed by atoms with Crippen molar-refractivity contribution in [2.24, 2.45) is 0 Å². The van der Waals surface area contributed by atoms with Crippen molar-refractivity contribution in [3.05, 3.63) is 35.4 Å². The fourth-order valence-corrected chi connectivity index (χ4v) is 1.75. The summed E-state index contributed by atoms with van der Waals surface area (Å²) in [5.74, 6) is -2.84. The molecule has 0 bridgehead atoms. The van der Waals surface area contributed by atoms with Crippen LogP contribution < -0.4 is 0 Å². The van der Waals surface area contributed by atoms with Crippen molar-refractivity contribution < 1.29 is 27.4 Å². The molecule has 2 atom stereocenters. The molecule has 0 spiro atoms. The SMILES string of the molecule is CCOC(=O)C(F)C1(c2ccc(F)cc2F)CO1. The molecular formula is C12H11F3O3. The molecular weight excluding hydrogens is 249 g/mol. The molecule has 1 aliphatic rings. The van der Waals surface area contributed by atoms with E-state index < -0.39 is 29.4 Å². The van der Waals surface area contributed by atoms with E-state index in [0.717, 1.165) is 12.1 Å². The van der Waals surface area contributed by atoms with E-state index in [0.29, 0.717) is 6.07 Å². The number of carbonyl (C=O) groups excluding carboxylic acids is 1. The topological polar surface area (TPSA) is 38.8 Å². The summed E-state index contributed by atoms with van der Waals surface area (Å²) < 4.78 is 49.7. The first-order valence-electron chi connectivity index (χ1n) is 5.41. The highest BCUT2D eigenvalue weighted by Gasteiger charge is 2.59. The maximum atomic E-state index is 13.9. The Hall–Kier alpha value is -1.56. The molecule has 6 heteroatoms. The maximum Gasteiger partial charge on any atom is 0.344 e. The molecule has 1 heterocycles. The van der Waals surface area contributed by atoms with Gasteiger partial charge in [0.05, 0.1) is 13.2 Å². The summed E-state index contributed by atoms with van der Waals surface area (Å²) in [6.45, 7) is 1.40. The van der Waals surface area contributed by atoms with E-state index in [1.807, 2.05) is 0 Å². The number of halogens is 3. The van der Waals surface area contributed by atoms with Crippen molar-refractivity contribution in [1.29, 1.82) is 0 Å². The summed E-state index contributed by atoms with van der Waals surface area (Å²) >= 11 is 0. The van der Waals surface area contributed by atoms with Gasteiger partial charge in [-0.05, 0) is 13.0 Å². The van der Waals surface area contributed by atoms with E-state index in [2.05, 4.69) is 4.74 Å². The Bertz CT molecular complexity index is 472. The van der Waals surface area contributed by atoms with Gasteiger partial charge in [0.25, 0.3) is 0 Å². The number of carbonyl (C=O) groups is 1. The molecule has 0 aliphatic carbocycles. The van der Waals surface area contributed by atoms with Crippen LogP contribution in [-0.4, -0.2) is 25.4 Å². The number of alkyl halides is 1. The van der Waals surface area contributed by atoms with Gasteiger partial charge in [0, 0.05) is 11.6 Å². The van der Waals surface area contributed by atoms with Crippen LogP contribution in [0, 0.1) is 11.6 Å². The van der Waals surface area contributed by atoms with Gasteiger partial charge in [-0.3, -0.25) is 0 Å². The number of rotatable bonds is 4. The first-order valence-corrected chi connectivity index (χ1v) is 5.41. The number of ether oxygens (including phenoxy) is 2. The van der Waals surface area contributed by atoms with Gasteiger partial charge in [-0.25, -0.2) is 18.0 Å². The minimum Gasteiger partial charge on any atom is -0.464 e. The average Bonchev–Trinajstić information content (AvgIpc) is 3.09.